The quantitative estimate of drug-likeness (QED) is 0.646. The van der Waals surface area contributed by atoms with Crippen molar-refractivity contribution in [3.8, 4) is 0 Å². The Kier molecular flexibility index (Phi) is 3.65. The van der Waals surface area contributed by atoms with Gasteiger partial charge in [-0.1, -0.05) is 31.5 Å². The number of hydrogen-bond acceptors (Lipinski definition) is 2. The van der Waals surface area contributed by atoms with E-state index in [4.69, 9.17) is 17.5 Å². The summed E-state index contributed by atoms with van der Waals surface area (Å²) in [5, 5.41) is -0.502. The number of rotatable bonds is 3. The van der Waals surface area contributed by atoms with Crippen molar-refractivity contribution in [1.82, 2.24) is 0 Å². The summed E-state index contributed by atoms with van der Waals surface area (Å²) in [6, 6.07) is 2.47. The third-order valence-electron chi connectivity index (χ3n) is 2.21. The highest BCUT2D eigenvalue weighted by Crippen LogP contribution is 2.30. The molecule has 0 aliphatic rings. The minimum Gasteiger partial charge on any atom is -0.304 e. The van der Waals surface area contributed by atoms with Gasteiger partial charge < -0.3 is 4.84 Å². The number of halogens is 3. The van der Waals surface area contributed by atoms with E-state index in [1.807, 2.05) is 0 Å². The summed E-state index contributed by atoms with van der Waals surface area (Å²) in [6.45, 7) is 3.57. The number of nitrogens with two attached hydrogens (primary N) is 1. The Morgan fingerprint density at radius 3 is 2.53 bits per heavy atom. The van der Waals surface area contributed by atoms with Crippen molar-refractivity contribution in [2.24, 2.45) is 5.90 Å². The summed E-state index contributed by atoms with van der Waals surface area (Å²) in [5.74, 6) is 3.40. The van der Waals surface area contributed by atoms with E-state index < -0.39 is 22.1 Å². The fourth-order valence-electron chi connectivity index (χ4n) is 1.33. The number of hydrogen-bond donors (Lipinski definition) is 1. The van der Waals surface area contributed by atoms with Gasteiger partial charge in [-0.05, 0) is 11.6 Å². The van der Waals surface area contributed by atoms with Gasteiger partial charge in [-0.2, -0.15) is 0 Å². The van der Waals surface area contributed by atoms with Crippen LogP contribution in [0.4, 0.5) is 8.78 Å². The minimum atomic E-state index is -0.776. The highest BCUT2D eigenvalue weighted by molar-refractivity contribution is 6.31. The predicted octanol–water partition coefficient (Wildman–Crippen LogP) is 2.79. The molecule has 1 aromatic carbocycles. The lowest BCUT2D eigenvalue weighted by Crippen LogP contribution is -2.27. The first-order chi connectivity index (χ1) is 6.90. The highest BCUT2D eigenvalue weighted by Gasteiger charge is 2.26. The zero-order valence-corrected chi connectivity index (χ0v) is 9.24. The molecule has 2 nitrogen and oxygen atoms in total. The molecule has 0 saturated heterocycles. The fourth-order valence-corrected chi connectivity index (χ4v) is 1.50. The zero-order chi connectivity index (χ0) is 11.6. The monoisotopic (exact) mass is 235 g/mol. The maximum Gasteiger partial charge on any atom is 0.148 e. The summed E-state index contributed by atoms with van der Waals surface area (Å²) >= 11 is 5.47. The van der Waals surface area contributed by atoms with Gasteiger partial charge in [0.25, 0.3) is 0 Å². The summed E-state index contributed by atoms with van der Waals surface area (Å²) < 4.78 is 26.5. The van der Waals surface area contributed by atoms with E-state index in [1.165, 1.54) is 6.07 Å². The lowest BCUT2D eigenvalue weighted by molar-refractivity contribution is 0.0950. The molecule has 84 valence electrons. The molecular weight excluding hydrogens is 224 g/mol. The first-order valence-electron chi connectivity index (χ1n) is 4.36. The van der Waals surface area contributed by atoms with Crippen LogP contribution in [0.25, 0.3) is 0 Å². The Morgan fingerprint density at radius 1 is 1.40 bits per heavy atom. The van der Waals surface area contributed by atoms with Gasteiger partial charge >= 0.3 is 0 Å². The van der Waals surface area contributed by atoms with Crippen LogP contribution in [0.2, 0.25) is 5.02 Å². The molecule has 15 heavy (non-hydrogen) atoms. The van der Waals surface area contributed by atoms with Crippen LogP contribution in [0.5, 0.6) is 0 Å². The van der Waals surface area contributed by atoms with E-state index in [-0.39, 0.29) is 12.2 Å². The van der Waals surface area contributed by atoms with E-state index >= 15 is 0 Å². The van der Waals surface area contributed by atoms with E-state index in [0.29, 0.717) is 0 Å². The molecule has 0 fully saturated rings. The minimum absolute atomic E-state index is 0.117. The van der Waals surface area contributed by atoms with Gasteiger partial charge in [0.15, 0.2) is 0 Å². The van der Waals surface area contributed by atoms with Crippen LogP contribution < -0.4 is 5.90 Å². The van der Waals surface area contributed by atoms with Gasteiger partial charge in [-0.15, -0.1) is 0 Å². The molecule has 0 spiro atoms. The maximum absolute atomic E-state index is 13.6. The molecule has 0 amide bonds. The van der Waals surface area contributed by atoms with Crippen LogP contribution in [0, 0.1) is 11.6 Å². The molecular formula is C10H12ClF2NO. The Bertz CT molecular complexity index is 369. The van der Waals surface area contributed by atoms with Gasteiger partial charge in [0.1, 0.15) is 16.7 Å². The van der Waals surface area contributed by atoms with E-state index in [1.54, 1.807) is 13.8 Å². The van der Waals surface area contributed by atoms with Crippen molar-refractivity contribution in [1.29, 1.82) is 0 Å². The molecule has 0 aliphatic heterocycles. The average Bonchev–Trinajstić information content (AvgIpc) is 2.13. The van der Waals surface area contributed by atoms with Crippen molar-refractivity contribution in [2.75, 3.05) is 6.61 Å². The molecule has 0 atom stereocenters. The molecule has 0 aliphatic carbocycles. The predicted molar refractivity (Wildman–Crippen MR) is 54.5 cm³/mol. The average molecular weight is 236 g/mol. The van der Waals surface area contributed by atoms with Crippen LogP contribution in [0.3, 0.4) is 0 Å². The molecule has 0 saturated carbocycles. The second kappa shape index (κ2) is 4.43. The lowest BCUT2D eigenvalue weighted by atomic mass is 9.85. The van der Waals surface area contributed by atoms with Gasteiger partial charge in [-0.25, -0.2) is 14.7 Å². The van der Waals surface area contributed by atoms with Crippen LogP contribution >= 0.6 is 11.6 Å². The van der Waals surface area contributed by atoms with Crippen LogP contribution in [-0.4, -0.2) is 6.61 Å². The van der Waals surface area contributed by atoms with Crippen molar-refractivity contribution in [3.63, 3.8) is 0 Å². The first kappa shape index (κ1) is 12.4. The molecule has 1 rings (SSSR count). The van der Waals surface area contributed by atoms with Crippen LogP contribution in [-0.2, 0) is 10.3 Å². The smallest absolute Gasteiger partial charge is 0.148 e. The van der Waals surface area contributed by atoms with Crippen LogP contribution in [0.15, 0.2) is 12.1 Å². The highest BCUT2D eigenvalue weighted by atomic mass is 35.5. The van der Waals surface area contributed by atoms with Gasteiger partial charge in [-0.3, -0.25) is 0 Å². The zero-order valence-electron chi connectivity index (χ0n) is 8.48. The second-order valence-corrected chi connectivity index (χ2v) is 4.30. The first-order valence-corrected chi connectivity index (χ1v) is 4.73. The Labute approximate surface area is 91.9 Å². The van der Waals surface area contributed by atoms with Crippen molar-refractivity contribution in [2.45, 2.75) is 19.3 Å². The van der Waals surface area contributed by atoms with Crippen molar-refractivity contribution >= 4 is 11.6 Å². The molecule has 0 bridgehead atoms. The summed E-state index contributed by atoms with van der Waals surface area (Å²) in [6.07, 6.45) is 0. The Balaban J connectivity index is 3.21. The SMILES string of the molecule is CC(C)(CON)c1ccc(F)c(Cl)c1F. The Hall–Kier alpha value is -0.710. The van der Waals surface area contributed by atoms with Crippen molar-refractivity contribution < 1.29 is 13.6 Å². The second-order valence-electron chi connectivity index (χ2n) is 3.92. The molecule has 1 aromatic rings. The third-order valence-corrected chi connectivity index (χ3v) is 2.55. The lowest BCUT2D eigenvalue weighted by Gasteiger charge is -2.24. The van der Waals surface area contributed by atoms with E-state index in [0.717, 1.165) is 6.07 Å². The third kappa shape index (κ3) is 2.45. The topological polar surface area (TPSA) is 35.2 Å². The standard InChI is InChI=1S/C10H12ClF2NO/c1-10(2,5-15-14)6-3-4-7(12)8(11)9(6)13/h3-4H,5,14H2,1-2H3. The molecule has 0 unspecified atom stereocenters. The van der Waals surface area contributed by atoms with Crippen LogP contribution in [0.1, 0.15) is 19.4 Å². The summed E-state index contributed by atoms with van der Waals surface area (Å²) in [5.41, 5.74) is -0.379. The molecule has 0 aromatic heterocycles. The van der Waals surface area contributed by atoms with Gasteiger partial charge in [0, 0.05) is 5.41 Å². The molecule has 5 heteroatoms. The van der Waals surface area contributed by atoms with Gasteiger partial charge in [0.2, 0.25) is 0 Å². The Morgan fingerprint density at radius 2 is 2.00 bits per heavy atom. The fraction of sp³-hybridized carbons (Fsp3) is 0.400. The summed E-state index contributed by atoms with van der Waals surface area (Å²) in [4.78, 5) is 4.48. The summed E-state index contributed by atoms with van der Waals surface area (Å²) in [7, 11) is 0. The van der Waals surface area contributed by atoms with E-state index in [2.05, 4.69) is 4.84 Å². The maximum atomic E-state index is 13.6. The van der Waals surface area contributed by atoms with Crippen molar-refractivity contribution in [3.05, 3.63) is 34.4 Å². The molecule has 2 N–H and O–H groups in total. The molecule has 0 radical (unpaired) electrons. The van der Waals surface area contributed by atoms with E-state index in [9.17, 15) is 8.78 Å². The molecule has 0 heterocycles. The normalized spacial score (nSPS) is 11.9. The largest absolute Gasteiger partial charge is 0.304 e. The number of benzene rings is 1. The van der Waals surface area contributed by atoms with Gasteiger partial charge in [0.05, 0.1) is 6.61 Å².